The summed E-state index contributed by atoms with van der Waals surface area (Å²) >= 11 is 0. The van der Waals surface area contributed by atoms with E-state index >= 15 is 0 Å². The van der Waals surface area contributed by atoms with Crippen LogP contribution < -0.4 is 11.3 Å². The molecule has 2 heterocycles. The topological polar surface area (TPSA) is 68.8 Å². The molecular weight excluding hydrogens is 238 g/mol. The largest absolute Gasteiger partial charge is 0.338 e. The fraction of sp³-hybridized carbons (Fsp3) is 0.429. The minimum atomic E-state index is 0.290. The molecule has 0 aliphatic rings. The van der Waals surface area contributed by atoms with Crippen molar-refractivity contribution in [2.75, 3.05) is 0 Å². The van der Waals surface area contributed by atoms with Crippen molar-refractivity contribution in [2.24, 2.45) is 12.9 Å². The molecule has 2 aromatic heterocycles. The predicted octanol–water partition coefficient (Wildman–Crippen LogP) is 1.21. The lowest BCUT2D eigenvalue weighted by molar-refractivity contribution is 0.456. The highest BCUT2D eigenvalue weighted by atomic mass is 15.2. The Morgan fingerprint density at radius 1 is 1.21 bits per heavy atom. The van der Waals surface area contributed by atoms with E-state index in [0.717, 1.165) is 37.2 Å². The van der Waals surface area contributed by atoms with Crippen molar-refractivity contribution in [3.05, 3.63) is 48.3 Å². The average Bonchev–Trinajstić information content (AvgIpc) is 2.86. The van der Waals surface area contributed by atoms with E-state index in [1.165, 1.54) is 0 Å². The second kappa shape index (κ2) is 7.01. The van der Waals surface area contributed by atoms with Gasteiger partial charge in [0.05, 0.1) is 0 Å². The van der Waals surface area contributed by atoms with Gasteiger partial charge in [-0.15, -0.1) is 0 Å². The molecule has 0 bridgehead atoms. The number of imidazole rings is 1. The standard InChI is InChI=1S/C14H21N5/c1-19-11-10-17-14(19)8-7-13(18-15)6-5-12-4-2-3-9-16-12/h2-4,9-11,13,18H,5-8,15H2,1H3. The first kappa shape index (κ1) is 13.7. The quantitative estimate of drug-likeness (QED) is 0.579. The number of rotatable bonds is 7. The molecule has 0 aromatic carbocycles. The Labute approximate surface area is 113 Å². The Bertz CT molecular complexity index is 480. The molecule has 2 aromatic rings. The molecule has 3 N–H and O–H groups in total. The summed E-state index contributed by atoms with van der Waals surface area (Å²) in [4.78, 5) is 8.65. The summed E-state index contributed by atoms with van der Waals surface area (Å²) in [5, 5.41) is 0. The van der Waals surface area contributed by atoms with Gasteiger partial charge in [-0.25, -0.2) is 4.98 Å². The Kier molecular flexibility index (Phi) is 5.06. The van der Waals surface area contributed by atoms with Crippen LogP contribution in [0.3, 0.4) is 0 Å². The molecule has 5 nitrogen and oxygen atoms in total. The molecule has 0 radical (unpaired) electrons. The molecule has 0 amide bonds. The van der Waals surface area contributed by atoms with E-state index in [0.29, 0.717) is 6.04 Å². The molecule has 0 aliphatic heterocycles. The molecule has 0 saturated carbocycles. The third kappa shape index (κ3) is 4.15. The van der Waals surface area contributed by atoms with Crippen LogP contribution in [0.25, 0.3) is 0 Å². The van der Waals surface area contributed by atoms with Crippen LogP contribution in [0.15, 0.2) is 36.8 Å². The van der Waals surface area contributed by atoms with E-state index in [2.05, 4.69) is 15.4 Å². The molecule has 102 valence electrons. The smallest absolute Gasteiger partial charge is 0.108 e. The Morgan fingerprint density at radius 2 is 2.05 bits per heavy atom. The maximum Gasteiger partial charge on any atom is 0.108 e. The maximum atomic E-state index is 5.62. The van der Waals surface area contributed by atoms with Crippen LogP contribution in [0.5, 0.6) is 0 Å². The monoisotopic (exact) mass is 259 g/mol. The van der Waals surface area contributed by atoms with Gasteiger partial charge in [0.15, 0.2) is 0 Å². The summed E-state index contributed by atoms with van der Waals surface area (Å²) in [6.07, 6.45) is 9.46. The number of nitrogens with two attached hydrogens (primary N) is 1. The predicted molar refractivity (Wildman–Crippen MR) is 75.2 cm³/mol. The number of aromatic nitrogens is 3. The van der Waals surface area contributed by atoms with E-state index in [9.17, 15) is 0 Å². The molecule has 5 heteroatoms. The lowest BCUT2D eigenvalue weighted by Crippen LogP contribution is -2.36. The Morgan fingerprint density at radius 3 is 2.68 bits per heavy atom. The number of nitrogens with zero attached hydrogens (tertiary/aromatic N) is 3. The van der Waals surface area contributed by atoms with E-state index in [1.807, 2.05) is 48.4 Å². The van der Waals surface area contributed by atoms with Gasteiger partial charge >= 0.3 is 0 Å². The zero-order valence-corrected chi connectivity index (χ0v) is 11.3. The van der Waals surface area contributed by atoms with E-state index in [4.69, 9.17) is 5.84 Å². The lowest BCUT2D eigenvalue weighted by Gasteiger charge is -2.15. The Balaban J connectivity index is 1.79. The minimum Gasteiger partial charge on any atom is -0.338 e. The lowest BCUT2D eigenvalue weighted by atomic mass is 10.0. The highest BCUT2D eigenvalue weighted by Gasteiger charge is 2.09. The number of nitrogens with one attached hydrogen (secondary N) is 1. The average molecular weight is 259 g/mol. The van der Waals surface area contributed by atoms with Gasteiger partial charge in [-0.05, 0) is 31.4 Å². The summed E-state index contributed by atoms with van der Waals surface area (Å²) < 4.78 is 2.05. The van der Waals surface area contributed by atoms with Crippen molar-refractivity contribution in [3.63, 3.8) is 0 Å². The maximum absolute atomic E-state index is 5.62. The van der Waals surface area contributed by atoms with E-state index < -0.39 is 0 Å². The van der Waals surface area contributed by atoms with Gasteiger partial charge in [0, 0.05) is 43.8 Å². The molecule has 0 fully saturated rings. The van der Waals surface area contributed by atoms with E-state index in [1.54, 1.807) is 0 Å². The van der Waals surface area contributed by atoms with Gasteiger partial charge in [-0.1, -0.05) is 6.07 Å². The molecule has 2 rings (SSSR count). The van der Waals surface area contributed by atoms with Gasteiger partial charge in [0.25, 0.3) is 0 Å². The van der Waals surface area contributed by atoms with E-state index in [-0.39, 0.29) is 0 Å². The minimum absolute atomic E-state index is 0.290. The molecule has 0 spiro atoms. The third-order valence-electron chi connectivity index (χ3n) is 3.35. The molecule has 1 unspecified atom stereocenters. The van der Waals surface area contributed by atoms with Crippen LogP contribution in [0.2, 0.25) is 0 Å². The van der Waals surface area contributed by atoms with Gasteiger partial charge in [0.1, 0.15) is 5.82 Å². The van der Waals surface area contributed by atoms with Crippen LogP contribution >= 0.6 is 0 Å². The summed E-state index contributed by atoms with van der Waals surface area (Å²) in [5.74, 6) is 6.71. The first-order chi connectivity index (χ1) is 9.29. The number of pyridine rings is 1. The number of hydrazine groups is 1. The molecule has 0 saturated heterocycles. The van der Waals surface area contributed by atoms with Crippen molar-refractivity contribution < 1.29 is 0 Å². The Hall–Kier alpha value is -1.72. The first-order valence-corrected chi connectivity index (χ1v) is 6.62. The van der Waals surface area contributed by atoms with Crippen molar-refractivity contribution >= 4 is 0 Å². The molecular formula is C14H21N5. The highest BCUT2D eigenvalue weighted by Crippen LogP contribution is 2.08. The first-order valence-electron chi connectivity index (χ1n) is 6.62. The summed E-state index contributed by atoms with van der Waals surface area (Å²) in [6, 6.07) is 6.29. The van der Waals surface area contributed by atoms with Gasteiger partial charge < -0.3 is 4.57 Å². The number of hydrogen-bond donors (Lipinski definition) is 2. The fourth-order valence-electron chi connectivity index (χ4n) is 2.12. The third-order valence-corrected chi connectivity index (χ3v) is 3.35. The second-order valence-corrected chi connectivity index (χ2v) is 4.72. The SMILES string of the molecule is Cn1ccnc1CCC(CCc1ccccn1)NN. The van der Waals surface area contributed by atoms with Crippen LogP contribution in [-0.4, -0.2) is 20.6 Å². The summed E-state index contributed by atoms with van der Waals surface area (Å²) in [5.41, 5.74) is 4.00. The van der Waals surface area contributed by atoms with Crippen molar-refractivity contribution in [1.82, 2.24) is 20.0 Å². The van der Waals surface area contributed by atoms with Crippen LogP contribution in [-0.2, 0) is 19.9 Å². The summed E-state index contributed by atoms with van der Waals surface area (Å²) in [6.45, 7) is 0. The molecule has 1 atom stereocenters. The zero-order chi connectivity index (χ0) is 13.5. The fourth-order valence-corrected chi connectivity index (χ4v) is 2.12. The van der Waals surface area contributed by atoms with Gasteiger partial charge in [-0.2, -0.15) is 0 Å². The second-order valence-electron chi connectivity index (χ2n) is 4.72. The molecule has 0 aliphatic carbocycles. The molecule has 19 heavy (non-hydrogen) atoms. The highest BCUT2D eigenvalue weighted by molar-refractivity contribution is 5.03. The summed E-state index contributed by atoms with van der Waals surface area (Å²) in [7, 11) is 2.01. The number of aryl methyl sites for hydroxylation is 3. The van der Waals surface area contributed by atoms with Crippen molar-refractivity contribution in [3.8, 4) is 0 Å². The van der Waals surface area contributed by atoms with Crippen LogP contribution in [0.4, 0.5) is 0 Å². The van der Waals surface area contributed by atoms with Crippen molar-refractivity contribution in [1.29, 1.82) is 0 Å². The van der Waals surface area contributed by atoms with Crippen LogP contribution in [0.1, 0.15) is 24.4 Å². The normalized spacial score (nSPS) is 12.5. The zero-order valence-electron chi connectivity index (χ0n) is 11.3. The number of hydrogen-bond acceptors (Lipinski definition) is 4. The van der Waals surface area contributed by atoms with Gasteiger partial charge in [-0.3, -0.25) is 16.3 Å². The van der Waals surface area contributed by atoms with Crippen LogP contribution in [0, 0.1) is 0 Å². The van der Waals surface area contributed by atoms with Crippen molar-refractivity contribution in [2.45, 2.75) is 31.7 Å². The van der Waals surface area contributed by atoms with Gasteiger partial charge in [0.2, 0.25) is 0 Å².